The summed E-state index contributed by atoms with van der Waals surface area (Å²) in [5, 5.41) is 3.01. The molecule has 0 fully saturated rings. The van der Waals surface area contributed by atoms with Crippen LogP contribution in [0.2, 0.25) is 0 Å². The molecule has 1 aromatic rings. The predicted molar refractivity (Wildman–Crippen MR) is 61.4 cm³/mol. The van der Waals surface area contributed by atoms with Crippen molar-refractivity contribution in [3.05, 3.63) is 47.0 Å². The maximum Gasteiger partial charge on any atom is 0.194 e. The minimum Gasteiger partial charge on any atom is -0.496 e. The molecule has 1 unspecified atom stereocenters. The predicted octanol–water partition coefficient (Wildman–Crippen LogP) is 3.06. The van der Waals surface area contributed by atoms with E-state index in [0.29, 0.717) is 18.9 Å². The molecule has 0 saturated heterocycles. The van der Waals surface area contributed by atoms with Crippen molar-refractivity contribution < 1.29 is 17.9 Å². The average molecular weight is 257 g/mol. The molecule has 2 nitrogen and oxygen atoms in total. The molecular weight excluding hydrogens is 243 g/mol. The van der Waals surface area contributed by atoms with Crippen molar-refractivity contribution in [2.75, 3.05) is 13.2 Å². The van der Waals surface area contributed by atoms with Gasteiger partial charge in [-0.05, 0) is 18.7 Å². The quantitative estimate of drug-likeness (QED) is 0.837. The van der Waals surface area contributed by atoms with Crippen molar-refractivity contribution in [2.45, 2.75) is 19.4 Å². The Labute approximate surface area is 103 Å². The van der Waals surface area contributed by atoms with Crippen molar-refractivity contribution in [3.63, 3.8) is 0 Å². The zero-order valence-electron chi connectivity index (χ0n) is 9.97. The molecule has 0 radical (unpaired) electrons. The summed E-state index contributed by atoms with van der Waals surface area (Å²) in [6.07, 6.45) is 2.57. The number of rotatable bonds is 4. The van der Waals surface area contributed by atoms with Crippen LogP contribution in [0.3, 0.4) is 0 Å². The molecule has 0 aromatic heterocycles. The lowest BCUT2D eigenvalue weighted by Gasteiger charge is -2.20. The molecule has 1 atom stereocenters. The summed E-state index contributed by atoms with van der Waals surface area (Å²) in [6, 6.07) is 1.59. The van der Waals surface area contributed by atoms with Gasteiger partial charge in [-0.3, -0.25) is 0 Å². The molecule has 1 N–H and O–H groups in total. The highest BCUT2D eigenvalue weighted by molar-refractivity contribution is 5.29. The molecular formula is C13H14F3NO. The number of benzene rings is 1. The van der Waals surface area contributed by atoms with Gasteiger partial charge in [-0.25, -0.2) is 13.2 Å². The Morgan fingerprint density at radius 1 is 1.28 bits per heavy atom. The first-order valence-electron chi connectivity index (χ1n) is 5.84. The van der Waals surface area contributed by atoms with Crippen LogP contribution in [0.5, 0.6) is 0 Å². The molecule has 5 heteroatoms. The molecule has 0 saturated carbocycles. The molecule has 0 bridgehead atoms. The normalized spacial score (nSPS) is 16.3. The van der Waals surface area contributed by atoms with E-state index in [1.54, 1.807) is 0 Å². The van der Waals surface area contributed by atoms with Gasteiger partial charge in [0.2, 0.25) is 0 Å². The van der Waals surface area contributed by atoms with Crippen molar-refractivity contribution in [1.29, 1.82) is 0 Å². The van der Waals surface area contributed by atoms with Gasteiger partial charge >= 0.3 is 0 Å². The van der Waals surface area contributed by atoms with Gasteiger partial charge in [-0.15, -0.1) is 0 Å². The molecule has 0 aliphatic carbocycles. The van der Waals surface area contributed by atoms with Crippen molar-refractivity contribution in [2.24, 2.45) is 0 Å². The standard InChI is InChI=1S/C13H14F3NO/c1-2-17-13(10-4-3-7-18-10)8-5-6-9(14)12(16)11(8)15/h4-6,13,17H,2-3,7H2,1H3. The van der Waals surface area contributed by atoms with E-state index in [1.807, 2.05) is 13.0 Å². The Kier molecular flexibility index (Phi) is 3.91. The molecule has 1 aliphatic rings. The van der Waals surface area contributed by atoms with Crippen molar-refractivity contribution >= 4 is 0 Å². The van der Waals surface area contributed by atoms with Crippen LogP contribution < -0.4 is 5.32 Å². The van der Waals surface area contributed by atoms with Crippen LogP contribution in [0, 0.1) is 17.5 Å². The molecule has 1 aromatic carbocycles. The summed E-state index contributed by atoms with van der Waals surface area (Å²) in [4.78, 5) is 0. The second-order valence-electron chi connectivity index (χ2n) is 4.00. The second-order valence-corrected chi connectivity index (χ2v) is 4.00. The fraction of sp³-hybridized carbons (Fsp3) is 0.385. The lowest BCUT2D eigenvalue weighted by atomic mass is 10.0. The molecule has 98 valence electrons. The van der Waals surface area contributed by atoms with Gasteiger partial charge in [0.1, 0.15) is 5.76 Å². The lowest BCUT2D eigenvalue weighted by molar-refractivity contribution is 0.214. The first-order valence-corrected chi connectivity index (χ1v) is 5.84. The zero-order chi connectivity index (χ0) is 13.1. The summed E-state index contributed by atoms with van der Waals surface area (Å²) in [5.41, 5.74) is 0.0592. The first kappa shape index (κ1) is 13.0. The van der Waals surface area contributed by atoms with E-state index in [9.17, 15) is 13.2 Å². The average Bonchev–Trinajstić information content (AvgIpc) is 2.88. The van der Waals surface area contributed by atoms with Gasteiger partial charge in [0.05, 0.1) is 12.6 Å². The third-order valence-electron chi connectivity index (χ3n) is 2.80. The van der Waals surface area contributed by atoms with Crippen LogP contribution in [-0.2, 0) is 4.74 Å². The third-order valence-corrected chi connectivity index (χ3v) is 2.80. The Morgan fingerprint density at radius 3 is 2.67 bits per heavy atom. The number of halogens is 3. The maximum absolute atomic E-state index is 13.8. The topological polar surface area (TPSA) is 21.3 Å². The van der Waals surface area contributed by atoms with E-state index in [4.69, 9.17) is 4.74 Å². The van der Waals surface area contributed by atoms with E-state index in [0.717, 1.165) is 12.5 Å². The highest BCUT2D eigenvalue weighted by Gasteiger charge is 2.25. The minimum atomic E-state index is -1.45. The van der Waals surface area contributed by atoms with Crippen LogP contribution in [-0.4, -0.2) is 13.2 Å². The minimum absolute atomic E-state index is 0.0592. The summed E-state index contributed by atoms with van der Waals surface area (Å²) in [5.74, 6) is -3.25. The Morgan fingerprint density at radius 2 is 2.06 bits per heavy atom. The maximum atomic E-state index is 13.8. The Balaban J connectivity index is 2.39. The smallest absolute Gasteiger partial charge is 0.194 e. The molecule has 0 amide bonds. The summed E-state index contributed by atoms with van der Waals surface area (Å²) >= 11 is 0. The highest BCUT2D eigenvalue weighted by Crippen LogP contribution is 2.29. The first-order chi connectivity index (χ1) is 8.65. The highest BCUT2D eigenvalue weighted by atomic mass is 19.2. The molecule has 1 aliphatic heterocycles. The fourth-order valence-electron chi connectivity index (χ4n) is 1.97. The van der Waals surface area contributed by atoms with E-state index < -0.39 is 23.5 Å². The van der Waals surface area contributed by atoms with E-state index in [-0.39, 0.29) is 5.56 Å². The van der Waals surface area contributed by atoms with Gasteiger partial charge in [0.15, 0.2) is 17.5 Å². The number of hydrogen-bond donors (Lipinski definition) is 1. The molecule has 18 heavy (non-hydrogen) atoms. The van der Waals surface area contributed by atoms with Gasteiger partial charge in [-0.1, -0.05) is 13.0 Å². The van der Waals surface area contributed by atoms with Gasteiger partial charge in [0, 0.05) is 12.0 Å². The van der Waals surface area contributed by atoms with E-state index >= 15 is 0 Å². The van der Waals surface area contributed by atoms with Crippen LogP contribution in [0.25, 0.3) is 0 Å². The molecule has 2 rings (SSSR count). The fourth-order valence-corrected chi connectivity index (χ4v) is 1.97. The SMILES string of the molecule is CCNC(C1=CCCO1)c1ccc(F)c(F)c1F. The van der Waals surface area contributed by atoms with Crippen LogP contribution in [0.4, 0.5) is 13.2 Å². The zero-order valence-corrected chi connectivity index (χ0v) is 9.97. The van der Waals surface area contributed by atoms with E-state index in [2.05, 4.69) is 5.32 Å². The number of hydrogen-bond acceptors (Lipinski definition) is 2. The summed E-state index contributed by atoms with van der Waals surface area (Å²) in [6.45, 7) is 2.94. The van der Waals surface area contributed by atoms with Crippen LogP contribution >= 0.6 is 0 Å². The van der Waals surface area contributed by atoms with E-state index in [1.165, 1.54) is 6.07 Å². The Bertz CT molecular complexity index is 474. The van der Waals surface area contributed by atoms with Gasteiger partial charge in [0.25, 0.3) is 0 Å². The van der Waals surface area contributed by atoms with Crippen molar-refractivity contribution in [1.82, 2.24) is 5.32 Å². The number of likely N-dealkylation sites (N-methyl/N-ethyl adjacent to an activating group) is 1. The monoisotopic (exact) mass is 257 g/mol. The lowest BCUT2D eigenvalue weighted by Crippen LogP contribution is -2.24. The summed E-state index contributed by atoms with van der Waals surface area (Å²) in [7, 11) is 0. The number of ether oxygens (including phenoxy) is 1. The third kappa shape index (κ3) is 2.36. The largest absolute Gasteiger partial charge is 0.496 e. The van der Waals surface area contributed by atoms with Crippen molar-refractivity contribution in [3.8, 4) is 0 Å². The van der Waals surface area contributed by atoms with Gasteiger partial charge in [-0.2, -0.15) is 0 Å². The molecule has 1 heterocycles. The Hall–Kier alpha value is -1.49. The summed E-state index contributed by atoms with van der Waals surface area (Å²) < 4.78 is 45.3. The second kappa shape index (κ2) is 5.44. The van der Waals surface area contributed by atoms with Gasteiger partial charge < -0.3 is 10.1 Å². The van der Waals surface area contributed by atoms with Crippen LogP contribution in [0.1, 0.15) is 24.9 Å². The molecule has 0 spiro atoms. The number of nitrogens with one attached hydrogen (secondary N) is 1. The van der Waals surface area contributed by atoms with Crippen LogP contribution in [0.15, 0.2) is 24.0 Å².